The molecule has 5 nitrogen and oxygen atoms in total. The summed E-state index contributed by atoms with van der Waals surface area (Å²) in [5.74, 6) is -0.600. The average Bonchev–Trinajstić information content (AvgIpc) is 2.31. The van der Waals surface area contributed by atoms with E-state index in [4.69, 9.17) is 5.11 Å². The Balaban J connectivity index is 2.26. The number of nitrogens with zero attached hydrogens (tertiary/aromatic N) is 2. The van der Waals surface area contributed by atoms with Crippen molar-refractivity contribution in [1.29, 1.82) is 0 Å². The van der Waals surface area contributed by atoms with Crippen molar-refractivity contribution in [2.75, 3.05) is 18.1 Å². The van der Waals surface area contributed by atoms with Gasteiger partial charge in [-0.15, -0.1) is 0 Å². The maximum absolute atomic E-state index is 13.5. The molecule has 104 valence electrons. The summed E-state index contributed by atoms with van der Waals surface area (Å²) in [6.45, 7) is 0.641. The van der Waals surface area contributed by atoms with Gasteiger partial charge in [0, 0.05) is 30.9 Å². The molecule has 0 bridgehead atoms. The molecule has 1 N–H and O–H groups in total. The third-order valence-electron chi connectivity index (χ3n) is 3.48. The summed E-state index contributed by atoms with van der Waals surface area (Å²) in [5.41, 5.74) is 0.299. The Morgan fingerprint density at radius 2 is 2.16 bits per heavy atom. The minimum Gasteiger partial charge on any atom is -0.396 e. The van der Waals surface area contributed by atoms with Crippen molar-refractivity contribution < 1.29 is 14.4 Å². The molecule has 1 saturated carbocycles. The average molecular weight is 268 g/mol. The van der Waals surface area contributed by atoms with E-state index in [0.29, 0.717) is 24.7 Å². The van der Waals surface area contributed by atoms with Gasteiger partial charge in [0.1, 0.15) is 5.82 Å². The number of halogens is 1. The molecule has 0 spiro atoms. The number of benzene rings is 1. The quantitative estimate of drug-likeness (QED) is 0.635. The fourth-order valence-corrected chi connectivity index (χ4v) is 2.29. The van der Waals surface area contributed by atoms with E-state index in [1.807, 2.05) is 4.90 Å². The minimum atomic E-state index is -0.600. The Morgan fingerprint density at radius 3 is 2.68 bits per heavy atom. The highest BCUT2D eigenvalue weighted by Gasteiger charge is 2.26. The summed E-state index contributed by atoms with van der Waals surface area (Å²) >= 11 is 0. The van der Waals surface area contributed by atoms with Crippen LogP contribution >= 0.6 is 0 Å². The molecular weight excluding hydrogens is 251 g/mol. The van der Waals surface area contributed by atoms with Crippen molar-refractivity contribution >= 4 is 11.4 Å². The lowest BCUT2D eigenvalue weighted by Gasteiger charge is -2.39. The summed E-state index contributed by atoms with van der Waals surface area (Å²) in [6, 6.07) is 3.95. The van der Waals surface area contributed by atoms with Gasteiger partial charge in [0.25, 0.3) is 5.69 Å². The van der Waals surface area contributed by atoms with Crippen molar-refractivity contribution in [3.8, 4) is 0 Å². The number of aliphatic hydroxyl groups excluding tert-OH is 1. The molecule has 6 heteroatoms. The zero-order valence-electron chi connectivity index (χ0n) is 10.6. The van der Waals surface area contributed by atoms with Crippen LogP contribution < -0.4 is 4.90 Å². The molecule has 0 heterocycles. The van der Waals surface area contributed by atoms with Crippen LogP contribution in [0.25, 0.3) is 0 Å². The van der Waals surface area contributed by atoms with Crippen molar-refractivity contribution in [3.05, 3.63) is 34.1 Å². The number of hydrogen-bond acceptors (Lipinski definition) is 4. The Kier molecular flexibility index (Phi) is 4.31. The highest BCUT2D eigenvalue weighted by molar-refractivity contribution is 5.54. The van der Waals surface area contributed by atoms with Crippen molar-refractivity contribution in [2.24, 2.45) is 0 Å². The largest absolute Gasteiger partial charge is 0.396 e. The Morgan fingerprint density at radius 1 is 1.42 bits per heavy atom. The van der Waals surface area contributed by atoms with E-state index in [2.05, 4.69) is 0 Å². The molecule has 0 radical (unpaired) electrons. The fourth-order valence-electron chi connectivity index (χ4n) is 2.29. The van der Waals surface area contributed by atoms with Gasteiger partial charge in [0.05, 0.1) is 11.0 Å². The summed E-state index contributed by atoms with van der Waals surface area (Å²) < 4.78 is 13.5. The van der Waals surface area contributed by atoms with Crippen molar-refractivity contribution in [2.45, 2.75) is 31.7 Å². The van der Waals surface area contributed by atoms with Gasteiger partial charge in [-0.05, 0) is 31.7 Å². The van der Waals surface area contributed by atoms with Gasteiger partial charge in [0.15, 0.2) is 0 Å². The van der Waals surface area contributed by atoms with Gasteiger partial charge in [-0.1, -0.05) is 0 Å². The Bertz CT molecular complexity index is 463. The van der Waals surface area contributed by atoms with Crippen LogP contribution in [0.2, 0.25) is 0 Å². The first kappa shape index (κ1) is 13.7. The van der Waals surface area contributed by atoms with E-state index >= 15 is 0 Å². The third-order valence-corrected chi connectivity index (χ3v) is 3.48. The zero-order chi connectivity index (χ0) is 13.8. The first-order valence-electron chi connectivity index (χ1n) is 6.44. The molecular formula is C13H17FN2O3. The van der Waals surface area contributed by atoms with Crippen LogP contribution in [0.3, 0.4) is 0 Å². The number of non-ortho nitro benzene ring substituents is 1. The van der Waals surface area contributed by atoms with Gasteiger partial charge in [-0.2, -0.15) is 0 Å². The predicted octanol–water partition coefficient (Wildman–Crippen LogP) is 2.48. The number of aliphatic hydroxyl groups is 1. The molecule has 0 aromatic heterocycles. The molecule has 1 aliphatic rings. The van der Waals surface area contributed by atoms with Gasteiger partial charge in [-0.25, -0.2) is 4.39 Å². The monoisotopic (exact) mass is 268 g/mol. The maximum Gasteiger partial charge on any atom is 0.274 e. The molecule has 2 rings (SSSR count). The van der Waals surface area contributed by atoms with Crippen LogP contribution in [0.4, 0.5) is 15.8 Å². The van der Waals surface area contributed by atoms with E-state index in [0.717, 1.165) is 25.3 Å². The molecule has 19 heavy (non-hydrogen) atoms. The molecule has 0 atom stereocenters. The minimum absolute atomic E-state index is 0.0562. The van der Waals surface area contributed by atoms with Crippen molar-refractivity contribution in [3.63, 3.8) is 0 Å². The second-order valence-electron chi connectivity index (χ2n) is 4.78. The normalized spacial score (nSPS) is 15.1. The van der Waals surface area contributed by atoms with Crippen LogP contribution in [-0.4, -0.2) is 29.2 Å². The second kappa shape index (κ2) is 5.97. The summed E-state index contributed by atoms with van der Waals surface area (Å²) in [7, 11) is 0. The molecule has 1 aromatic carbocycles. The van der Waals surface area contributed by atoms with Crippen molar-refractivity contribution in [1.82, 2.24) is 0 Å². The van der Waals surface area contributed by atoms with E-state index in [1.54, 1.807) is 0 Å². The lowest BCUT2D eigenvalue weighted by atomic mass is 9.91. The summed E-state index contributed by atoms with van der Waals surface area (Å²) in [6.07, 6.45) is 3.71. The van der Waals surface area contributed by atoms with Gasteiger partial charge in [-0.3, -0.25) is 10.1 Å². The number of nitro groups is 1. The standard InChI is InChI=1S/C13H17FN2O3/c14-10-7-12(9-13(8-10)16(18)19)15(5-2-6-17)11-3-1-4-11/h7-9,11,17H,1-6H2. The van der Waals surface area contributed by atoms with E-state index in [1.165, 1.54) is 12.1 Å². The fraction of sp³-hybridized carbons (Fsp3) is 0.538. The zero-order valence-corrected chi connectivity index (χ0v) is 10.6. The smallest absolute Gasteiger partial charge is 0.274 e. The molecule has 0 amide bonds. The number of rotatable bonds is 6. The molecule has 1 fully saturated rings. The Hall–Kier alpha value is -1.69. The second-order valence-corrected chi connectivity index (χ2v) is 4.78. The van der Waals surface area contributed by atoms with Crippen LogP contribution in [0.1, 0.15) is 25.7 Å². The van der Waals surface area contributed by atoms with Gasteiger partial charge >= 0.3 is 0 Å². The molecule has 1 aromatic rings. The van der Waals surface area contributed by atoms with E-state index in [-0.39, 0.29) is 12.3 Å². The summed E-state index contributed by atoms with van der Waals surface area (Å²) in [5, 5.41) is 19.7. The van der Waals surface area contributed by atoms with E-state index < -0.39 is 10.7 Å². The summed E-state index contributed by atoms with van der Waals surface area (Å²) in [4.78, 5) is 12.2. The van der Waals surface area contributed by atoms with Gasteiger partial charge in [0.2, 0.25) is 0 Å². The molecule has 0 saturated heterocycles. The van der Waals surface area contributed by atoms with E-state index in [9.17, 15) is 14.5 Å². The number of nitro benzene ring substituents is 1. The third kappa shape index (κ3) is 3.20. The van der Waals surface area contributed by atoms with Gasteiger partial charge < -0.3 is 10.0 Å². The molecule has 1 aliphatic carbocycles. The highest BCUT2D eigenvalue weighted by atomic mass is 19.1. The predicted molar refractivity (Wildman–Crippen MR) is 69.7 cm³/mol. The molecule has 0 aliphatic heterocycles. The van der Waals surface area contributed by atoms with Crippen LogP contribution in [-0.2, 0) is 0 Å². The van der Waals surface area contributed by atoms with Crippen LogP contribution in [0, 0.1) is 15.9 Å². The van der Waals surface area contributed by atoms with Crippen LogP contribution in [0.15, 0.2) is 18.2 Å². The molecule has 0 unspecified atom stereocenters. The highest BCUT2D eigenvalue weighted by Crippen LogP contribution is 2.32. The first-order valence-corrected chi connectivity index (χ1v) is 6.44. The number of hydrogen-bond donors (Lipinski definition) is 1. The Labute approximate surface area is 110 Å². The number of anilines is 1. The lowest BCUT2D eigenvalue weighted by molar-refractivity contribution is -0.385. The van der Waals surface area contributed by atoms with Crippen LogP contribution in [0.5, 0.6) is 0 Å². The SMILES string of the molecule is O=[N+]([O-])c1cc(F)cc(N(CCCO)C2CCC2)c1. The lowest BCUT2D eigenvalue weighted by Crippen LogP contribution is -2.41. The maximum atomic E-state index is 13.5. The first-order chi connectivity index (χ1) is 9.11. The topological polar surface area (TPSA) is 66.6 Å².